The molecule has 0 amide bonds. The number of benzene rings is 3. The van der Waals surface area contributed by atoms with Crippen LogP contribution in [0.4, 0.5) is 30.8 Å². The Morgan fingerprint density at radius 2 is 1.62 bits per heavy atom. The van der Waals surface area contributed by atoms with Gasteiger partial charge in [-0.1, -0.05) is 53.5 Å². The van der Waals surface area contributed by atoms with Crippen LogP contribution in [-0.4, -0.2) is 37.8 Å². The average molecular weight is 594 g/mol. The van der Waals surface area contributed by atoms with E-state index in [0.717, 1.165) is 17.7 Å². The van der Waals surface area contributed by atoms with Gasteiger partial charge in [0.2, 0.25) is 11.9 Å². The first-order valence-corrected chi connectivity index (χ1v) is 13.3. The maximum absolute atomic E-state index is 12.9. The molecule has 1 heterocycles. The second-order valence-corrected chi connectivity index (χ2v) is 10.0. The van der Waals surface area contributed by atoms with E-state index in [4.69, 9.17) is 23.2 Å². The molecule has 202 valence electrons. The molecular formula is C26H20Cl2F3N5O2S. The molecule has 0 fully saturated rings. The van der Waals surface area contributed by atoms with E-state index in [-0.39, 0.29) is 34.2 Å². The number of nitrogens with one attached hydrogen (secondary N) is 2. The average Bonchev–Trinajstić information content (AvgIpc) is 2.90. The van der Waals surface area contributed by atoms with Gasteiger partial charge in [0.1, 0.15) is 6.04 Å². The van der Waals surface area contributed by atoms with Gasteiger partial charge < -0.3 is 15.7 Å². The Hall–Kier alpha value is -3.54. The van der Waals surface area contributed by atoms with Gasteiger partial charge in [0.25, 0.3) is 0 Å². The summed E-state index contributed by atoms with van der Waals surface area (Å²) in [5, 5.41) is 16.0. The summed E-state index contributed by atoms with van der Waals surface area (Å²) >= 11 is 13.6. The van der Waals surface area contributed by atoms with E-state index in [1.807, 2.05) is 30.3 Å². The molecule has 0 bridgehead atoms. The van der Waals surface area contributed by atoms with Gasteiger partial charge in [0.05, 0.1) is 15.6 Å². The SMILES string of the molecule is O=C(O)C(CSCc1ccccc1)Nc1nc(Nc2ccc(C(F)(F)F)cc2)nc(-c2ccc(Cl)c(Cl)c2)n1. The van der Waals surface area contributed by atoms with E-state index in [1.165, 1.54) is 30.0 Å². The number of hydrogen-bond acceptors (Lipinski definition) is 7. The first-order chi connectivity index (χ1) is 18.6. The molecule has 39 heavy (non-hydrogen) atoms. The monoisotopic (exact) mass is 593 g/mol. The number of carboxylic acids is 1. The summed E-state index contributed by atoms with van der Waals surface area (Å²) in [6.45, 7) is 0. The van der Waals surface area contributed by atoms with Crippen molar-refractivity contribution in [2.45, 2.75) is 18.0 Å². The molecule has 1 aromatic heterocycles. The van der Waals surface area contributed by atoms with Gasteiger partial charge in [0.15, 0.2) is 5.82 Å². The highest BCUT2D eigenvalue weighted by molar-refractivity contribution is 7.98. The standard InChI is InChI=1S/C26H20Cl2F3N5O2S/c27-19-11-6-16(12-20(19)28)22-34-24(32-18-9-7-17(8-10-18)26(29,30)31)36-25(35-22)33-21(23(37)38)14-39-13-15-4-2-1-3-5-15/h1-12,21H,13-14H2,(H,37,38)(H2,32,33,34,35,36). The number of hydrogen-bond donors (Lipinski definition) is 3. The normalized spacial score (nSPS) is 12.1. The van der Waals surface area contributed by atoms with E-state index in [9.17, 15) is 23.1 Å². The van der Waals surface area contributed by atoms with Crippen molar-refractivity contribution in [2.24, 2.45) is 0 Å². The van der Waals surface area contributed by atoms with Crippen molar-refractivity contribution in [3.05, 3.63) is 94.0 Å². The van der Waals surface area contributed by atoms with Crippen LogP contribution in [0, 0.1) is 0 Å². The molecule has 0 aliphatic carbocycles. The minimum absolute atomic E-state index is 0.0191. The van der Waals surface area contributed by atoms with Gasteiger partial charge in [-0.3, -0.25) is 0 Å². The summed E-state index contributed by atoms with van der Waals surface area (Å²) in [5.41, 5.74) is 1.00. The molecule has 4 rings (SSSR count). The van der Waals surface area contributed by atoms with Crippen molar-refractivity contribution >= 4 is 58.5 Å². The third-order valence-electron chi connectivity index (χ3n) is 5.28. The smallest absolute Gasteiger partial charge is 0.416 e. The highest BCUT2D eigenvalue weighted by Gasteiger charge is 2.30. The fourth-order valence-corrected chi connectivity index (χ4v) is 4.64. The quantitative estimate of drug-likeness (QED) is 0.175. The van der Waals surface area contributed by atoms with E-state index in [2.05, 4.69) is 25.6 Å². The largest absolute Gasteiger partial charge is 0.480 e. The Balaban J connectivity index is 1.60. The molecular weight excluding hydrogens is 574 g/mol. The second-order valence-electron chi connectivity index (χ2n) is 8.17. The van der Waals surface area contributed by atoms with Crippen LogP contribution in [0.15, 0.2) is 72.8 Å². The lowest BCUT2D eigenvalue weighted by molar-refractivity contribution is -0.138. The van der Waals surface area contributed by atoms with Gasteiger partial charge in [-0.25, -0.2) is 4.79 Å². The lowest BCUT2D eigenvalue weighted by Gasteiger charge is -2.16. The van der Waals surface area contributed by atoms with Gasteiger partial charge in [-0.2, -0.15) is 39.9 Å². The predicted molar refractivity (Wildman–Crippen MR) is 148 cm³/mol. The summed E-state index contributed by atoms with van der Waals surface area (Å²) in [4.78, 5) is 24.9. The van der Waals surface area contributed by atoms with Crippen LogP contribution in [0.5, 0.6) is 0 Å². The van der Waals surface area contributed by atoms with Gasteiger partial charge in [-0.15, -0.1) is 0 Å². The molecule has 3 aromatic carbocycles. The molecule has 3 N–H and O–H groups in total. The molecule has 13 heteroatoms. The van der Waals surface area contributed by atoms with Crippen LogP contribution in [0.25, 0.3) is 11.4 Å². The minimum atomic E-state index is -4.48. The Morgan fingerprint density at radius 3 is 2.26 bits per heavy atom. The summed E-state index contributed by atoms with van der Waals surface area (Å²) in [5.74, 6) is -0.216. The van der Waals surface area contributed by atoms with Gasteiger partial charge in [-0.05, 0) is 48.0 Å². The summed E-state index contributed by atoms with van der Waals surface area (Å²) in [6.07, 6.45) is -4.48. The van der Waals surface area contributed by atoms with Crippen molar-refractivity contribution in [1.29, 1.82) is 0 Å². The Kier molecular flexibility index (Phi) is 9.16. The summed E-state index contributed by atoms with van der Waals surface area (Å²) in [6, 6.07) is 17.6. The highest BCUT2D eigenvalue weighted by Crippen LogP contribution is 2.31. The van der Waals surface area contributed by atoms with E-state index >= 15 is 0 Å². The van der Waals surface area contributed by atoms with Crippen molar-refractivity contribution in [1.82, 2.24) is 15.0 Å². The molecule has 0 aliphatic rings. The van der Waals surface area contributed by atoms with Crippen molar-refractivity contribution in [3.8, 4) is 11.4 Å². The van der Waals surface area contributed by atoms with Gasteiger partial charge >= 0.3 is 12.1 Å². The number of carboxylic acid groups (broad SMARTS) is 1. The maximum atomic E-state index is 12.9. The number of thioether (sulfide) groups is 1. The van der Waals surface area contributed by atoms with Crippen LogP contribution >= 0.6 is 35.0 Å². The maximum Gasteiger partial charge on any atom is 0.416 e. The van der Waals surface area contributed by atoms with Crippen molar-refractivity contribution < 1.29 is 23.1 Å². The molecule has 1 unspecified atom stereocenters. The topological polar surface area (TPSA) is 100 Å². The second kappa shape index (κ2) is 12.5. The molecule has 0 radical (unpaired) electrons. The Bertz CT molecular complexity index is 1440. The fraction of sp³-hybridized carbons (Fsp3) is 0.154. The molecule has 1 atom stereocenters. The van der Waals surface area contributed by atoms with Crippen molar-refractivity contribution in [2.75, 3.05) is 16.4 Å². The van der Waals surface area contributed by atoms with E-state index in [1.54, 1.807) is 12.1 Å². The summed E-state index contributed by atoms with van der Waals surface area (Å²) in [7, 11) is 0. The number of anilines is 3. The molecule has 0 aliphatic heterocycles. The summed E-state index contributed by atoms with van der Waals surface area (Å²) < 4.78 is 38.8. The van der Waals surface area contributed by atoms with Crippen LogP contribution in [0.1, 0.15) is 11.1 Å². The first kappa shape index (κ1) is 28.5. The minimum Gasteiger partial charge on any atom is -0.480 e. The van der Waals surface area contributed by atoms with Crippen LogP contribution in [0.2, 0.25) is 10.0 Å². The zero-order valence-corrected chi connectivity index (χ0v) is 22.2. The number of nitrogens with zero attached hydrogens (tertiary/aromatic N) is 3. The molecule has 0 saturated carbocycles. The third-order valence-corrected chi connectivity index (χ3v) is 7.12. The van der Waals surface area contributed by atoms with E-state index < -0.39 is 23.8 Å². The predicted octanol–water partition coefficient (Wildman–Crippen LogP) is 7.41. The van der Waals surface area contributed by atoms with Crippen LogP contribution < -0.4 is 10.6 Å². The highest BCUT2D eigenvalue weighted by atomic mass is 35.5. The number of carbonyl (C=O) groups is 1. The number of alkyl halides is 3. The zero-order chi connectivity index (χ0) is 28.0. The van der Waals surface area contributed by atoms with Gasteiger partial charge in [0, 0.05) is 22.8 Å². The zero-order valence-electron chi connectivity index (χ0n) is 19.9. The van der Waals surface area contributed by atoms with Crippen molar-refractivity contribution in [3.63, 3.8) is 0 Å². The Morgan fingerprint density at radius 1 is 0.923 bits per heavy atom. The van der Waals surface area contributed by atoms with E-state index in [0.29, 0.717) is 16.3 Å². The molecule has 4 aromatic rings. The number of rotatable bonds is 10. The lowest BCUT2D eigenvalue weighted by Crippen LogP contribution is -2.32. The number of aliphatic carboxylic acids is 1. The number of aromatic nitrogens is 3. The first-order valence-electron chi connectivity index (χ1n) is 11.4. The fourth-order valence-electron chi connectivity index (χ4n) is 3.33. The molecule has 7 nitrogen and oxygen atoms in total. The lowest BCUT2D eigenvalue weighted by atomic mass is 10.2. The Labute approximate surface area is 235 Å². The number of halogens is 5. The molecule has 0 saturated heterocycles. The third kappa shape index (κ3) is 7.98. The molecule has 0 spiro atoms. The van der Waals surface area contributed by atoms with Crippen LogP contribution in [-0.2, 0) is 16.7 Å². The van der Waals surface area contributed by atoms with Crippen LogP contribution in [0.3, 0.4) is 0 Å².